The van der Waals surface area contributed by atoms with Crippen LogP contribution < -0.4 is 9.47 Å². The first-order valence-electron chi connectivity index (χ1n) is 11.2. The highest BCUT2D eigenvalue weighted by atomic mass is 79.9. The van der Waals surface area contributed by atoms with Crippen molar-refractivity contribution in [3.63, 3.8) is 0 Å². The highest BCUT2D eigenvalue weighted by Crippen LogP contribution is 2.28. The molecule has 0 N–H and O–H groups in total. The molecule has 0 fully saturated rings. The average Bonchev–Trinajstić information content (AvgIpc) is 2.91. The van der Waals surface area contributed by atoms with Crippen molar-refractivity contribution in [2.24, 2.45) is 0 Å². The van der Waals surface area contributed by atoms with Gasteiger partial charge in [0.15, 0.2) is 0 Å². The van der Waals surface area contributed by atoms with E-state index in [0.717, 1.165) is 23.6 Å². The summed E-state index contributed by atoms with van der Waals surface area (Å²) in [6, 6.07) is 21.5. The fraction of sp³-hybridized carbons (Fsp3) is 0.138. The van der Waals surface area contributed by atoms with Crippen molar-refractivity contribution in [2.75, 3.05) is 13.2 Å². The van der Waals surface area contributed by atoms with Crippen LogP contribution in [0.5, 0.6) is 11.5 Å². The summed E-state index contributed by atoms with van der Waals surface area (Å²) in [5, 5.41) is 8.89. The van der Waals surface area contributed by atoms with E-state index in [1.807, 2.05) is 36.4 Å². The smallest absolute Gasteiger partial charge is 0.343 e. The van der Waals surface area contributed by atoms with Crippen molar-refractivity contribution >= 4 is 40.0 Å². The molecule has 0 saturated heterocycles. The third-order valence-electron chi connectivity index (χ3n) is 4.98. The Morgan fingerprint density at radius 3 is 2.25 bits per heavy atom. The molecule has 0 saturated carbocycles. The molecule has 0 unspecified atom stereocenters. The maximum atomic E-state index is 12.6. The van der Waals surface area contributed by atoms with Gasteiger partial charge >= 0.3 is 11.9 Å². The fourth-order valence-electron chi connectivity index (χ4n) is 3.04. The zero-order chi connectivity index (χ0) is 25.8. The molecule has 0 amide bonds. The molecule has 0 spiro atoms. The first-order chi connectivity index (χ1) is 17.5. The second-order valence-electron chi connectivity index (χ2n) is 7.60. The first-order valence-corrected chi connectivity index (χ1v) is 12.0. The van der Waals surface area contributed by atoms with Gasteiger partial charge in [0.2, 0.25) is 0 Å². The zero-order valence-corrected chi connectivity index (χ0v) is 21.1. The van der Waals surface area contributed by atoms with Crippen molar-refractivity contribution in [3.8, 4) is 17.6 Å². The van der Waals surface area contributed by atoms with Gasteiger partial charge in [0, 0.05) is 6.08 Å². The summed E-state index contributed by atoms with van der Waals surface area (Å²) in [6.07, 6.45) is 6.42. The second kappa shape index (κ2) is 13.7. The number of carbonyl (C=O) groups is 2. The molecular formula is C29H24BrNO5. The van der Waals surface area contributed by atoms with Crippen LogP contribution in [-0.4, -0.2) is 25.2 Å². The molecule has 0 radical (unpaired) electrons. The molecule has 0 aliphatic heterocycles. The van der Waals surface area contributed by atoms with Crippen LogP contribution in [0.2, 0.25) is 0 Å². The van der Waals surface area contributed by atoms with E-state index in [0.29, 0.717) is 46.7 Å². The molecule has 0 atom stereocenters. The number of carbonyl (C=O) groups excluding carboxylic acids is 2. The molecule has 182 valence electrons. The monoisotopic (exact) mass is 545 g/mol. The second-order valence-corrected chi connectivity index (χ2v) is 8.45. The van der Waals surface area contributed by atoms with Gasteiger partial charge in [-0.2, -0.15) is 5.26 Å². The molecular weight excluding hydrogens is 522 g/mol. The predicted octanol–water partition coefficient (Wildman–Crippen LogP) is 6.60. The third kappa shape index (κ3) is 8.26. The topological polar surface area (TPSA) is 85.6 Å². The van der Waals surface area contributed by atoms with Gasteiger partial charge in [-0.1, -0.05) is 36.9 Å². The van der Waals surface area contributed by atoms with E-state index in [4.69, 9.17) is 19.5 Å². The lowest BCUT2D eigenvalue weighted by Gasteiger charge is -2.09. The van der Waals surface area contributed by atoms with E-state index in [-0.39, 0.29) is 0 Å². The van der Waals surface area contributed by atoms with Gasteiger partial charge in [0.05, 0.1) is 34.9 Å². The number of unbranched alkanes of at least 4 members (excludes halogenated alkanes) is 1. The van der Waals surface area contributed by atoms with Gasteiger partial charge in [0.25, 0.3) is 0 Å². The van der Waals surface area contributed by atoms with E-state index in [1.54, 1.807) is 42.5 Å². The molecule has 6 nitrogen and oxygen atoms in total. The summed E-state index contributed by atoms with van der Waals surface area (Å²) in [5.74, 6) is 0.132. The van der Waals surface area contributed by atoms with Crippen LogP contribution in [0.15, 0.2) is 83.9 Å². The molecule has 0 bridgehead atoms. The Hall–Kier alpha value is -4.15. The minimum absolute atomic E-state index is 0.322. The number of esters is 2. The van der Waals surface area contributed by atoms with Gasteiger partial charge in [-0.05, 0) is 88.4 Å². The Balaban J connectivity index is 1.49. The summed E-state index contributed by atoms with van der Waals surface area (Å²) in [5.41, 5.74) is 2.91. The van der Waals surface area contributed by atoms with Crippen molar-refractivity contribution in [1.82, 2.24) is 0 Å². The highest BCUT2D eigenvalue weighted by Gasteiger charge is 2.11. The summed E-state index contributed by atoms with van der Waals surface area (Å²) in [4.78, 5) is 23.5. The van der Waals surface area contributed by atoms with Crippen LogP contribution in [0.3, 0.4) is 0 Å². The summed E-state index contributed by atoms with van der Waals surface area (Å²) >= 11 is 3.46. The van der Waals surface area contributed by atoms with E-state index < -0.39 is 11.9 Å². The van der Waals surface area contributed by atoms with Gasteiger partial charge in [-0.3, -0.25) is 0 Å². The van der Waals surface area contributed by atoms with Crippen molar-refractivity contribution in [2.45, 2.75) is 12.8 Å². The lowest BCUT2D eigenvalue weighted by Crippen LogP contribution is -2.09. The minimum atomic E-state index is -0.479. The molecule has 0 aliphatic carbocycles. The summed E-state index contributed by atoms with van der Waals surface area (Å²) in [7, 11) is 0. The third-order valence-corrected chi connectivity index (χ3v) is 5.59. The van der Waals surface area contributed by atoms with E-state index in [1.165, 1.54) is 0 Å². The molecule has 0 aromatic heterocycles. The van der Waals surface area contributed by atoms with Gasteiger partial charge in [-0.15, -0.1) is 0 Å². The van der Waals surface area contributed by atoms with E-state index >= 15 is 0 Å². The fourth-order valence-corrected chi connectivity index (χ4v) is 3.51. The van der Waals surface area contributed by atoms with Gasteiger partial charge in [0.1, 0.15) is 11.5 Å². The van der Waals surface area contributed by atoms with Crippen LogP contribution in [0.4, 0.5) is 0 Å². The first kappa shape index (κ1) is 26.5. The molecule has 3 aromatic rings. The molecule has 36 heavy (non-hydrogen) atoms. The van der Waals surface area contributed by atoms with Crippen LogP contribution >= 0.6 is 15.9 Å². The Bertz CT molecular complexity index is 1270. The number of rotatable bonds is 11. The minimum Gasteiger partial charge on any atom is -0.494 e. The normalized spacial score (nSPS) is 10.4. The number of halogens is 1. The SMILES string of the molecule is C=CC(=O)OCCCCOc1ccc(C(=O)Oc2ccc(/C=C/c3ccc(C#N)cc3)cc2Br)cc1. The number of hydrogen-bond acceptors (Lipinski definition) is 6. The molecule has 0 heterocycles. The zero-order valence-electron chi connectivity index (χ0n) is 19.5. The van der Waals surface area contributed by atoms with E-state index in [2.05, 4.69) is 28.6 Å². The lowest BCUT2D eigenvalue weighted by atomic mass is 10.1. The number of hydrogen-bond donors (Lipinski definition) is 0. The molecule has 3 aromatic carbocycles. The Morgan fingerprint density at radius 2 is 1.58 bits per heavy atom. The standard InChI is InChI=1S/C29H24BrNO5/c1-2-28(32)35-18-4-3-17-34-25-14-12-24(13-15-25)29(33)36-27-16-11-22(19-26(27)30)8-5-21-6-9-23(20-31)10-7-21/h2,5-16,19H,1,3-4,17-18H2/b8-5+. The largest absolute Gasteiger partial charge is 0.494 e. The van der Waals surface area contributed by atoms with Crippen LogP contribution in [0, 0.1) is 11.3 Å². The maximum absolute atomic E-state index is 12.6. The van der Waals surface area contributed by atoms with Crippen molar-refractivity contribution in [3.05, 3.63) is 106 Å². The number of nitrogens with zero attached hydrogens (tertiary/aromatic N) is 1. The summed E-state index contributed by atoms with van der Waals surface area (Å²) in [6.45, 7) is 4.13. The highest BCUT2D eigenvalue weighted by molar-refractivity contribution is 9.10. The molecule has 0 aliphatic rings. The number of ether oxygens (including phenoxy) is 3. The number of nitriles is 1. The van der Waals surface area contributed by atoms with Crippen molar-refractivity contribution in [1.29, 1.82) is 5.26 Å². The molecule has 3 rings (SSSR count). The number of benzene rings is 3. The summed E-state index contributed by atoms with van der Waals surface area (Å²) < 4.78 is 16.7. The van der Waals surface area contributed by atoms with Crippen molar-refractivity contribution < 1.29 is 23.8 Å². The Labute approximate surface area is 218 Å². The van der Waals surface area contributed by atoms with E-state index in [9.17, 15) is 9.59 Å². The average molecular weight is 546 g/mol. The predicted molar refractivity (Wildman–Crippen MR) is 142 cm³/mol. The quantitative estimate of drug-likeness (QED) is 0.0886. The van der Waals surface area contributed by atoms with Crippen LogP contribution in [0.1, 0.15) is 39.9 Å². The molecule has 7 heteroatoms. The lowest BCUT2D eigenvalue weighted by molar-refractivity contribution is -0.137. The Kier molecular flexibility index (Phi) is 10.0. The maximum Gasteiger partial charge on any atom is 0.343 e. The van der Waals surface area contributed by atoms with Crippen LogP contribution in [0.25, 0.3) is 12.2 Å². The Morgan fingerprint density at radius 1 is 0.917 bits per heavy atom. The van der Waals surface area contributed by atoms with Gasteiger partial charge < -0.3 is 14.2 Å². The van der Waals surface area contributed by atoms with Gasteiger partial charge in [-0.25, -0.2) is 9.59 Å². The van der Waals surface area contributed by atoms with Crippen LogP contribution in [-0.2, 0) is 9.53 Å².